The van der Waals surface area contributed by atoms with Gasteiger partial charge in [-0.15, -0.1) is 0 Å². The number of fused-ring (bicyclic) bond motifs is 3. The molecule has 7 rings (SSSR count). The number of aryl methyl sites for hydroxylation is 2. The van der Waals surface area contributed by atoms with Crippen LogP contribution in [-0.4, -0.2) is 49.4 Å². The van der Waals surface area contributed by atoms with Crippen molar-refractivity contribution in [1.82, 2.24) is 24.3 Å². The molecule has 38 heavy (non-hydrogen) atoms. The molecule has 4 aromatic heterocycles. The Kier molecular flexibility index (Phi) is 6.59. The van der Waals surface area contributed by atoms with Gasteiger partial charge in [0.2, 0.25) is 0 Å². The van der Waals surface area contributed by atoms with Gasteiger partial charge in [0.25, 0.3) is 0 Å². The Balaban J connectivity index is 1.19. The van der Waals surface area contributed by atoms with Crippen molar-refractivity contribution in [2.24, 2.45) is 5.92 Å². The van der Waals surface area contributed by atoms with Gasteiger partial charge in [-0.2, -0.15) is 5.26 Å². The molecule has 0 saturated carbocycles. The number of anilines is 1. The number of piperidine rings is 1. The number of hydrogen-bond donors (Lipinski definition) is 0. The molecule has 0 radical (unpaired) electrons. The van der Waals surface area contributed by atoms with E-state index in [1.807, 2.05) is 16.8 Å². The molecule has 4 aromatic rings. The monoisotopic (exact) mass is 505 g/mol. The highest BCUT2D eigenvalue weighted by molar-refractivity contribution is 5.67. The lowest BCUT2D eigenvalue weighted by Gasteiger charge is -2.56. The number of piperazine rings is 1. The lowest BCUT2D eigenvalue weighted by atomic mass is 9.87. The number of imidazole rings is 1. The molecule has 0 aliphatic carbocycles. The highest BCUT2D eigenvalue weighted by Gasteiger charge is 2.44. The summed E-state index contributed by atoms with van der Waals surface area (Å²) in [5, 5.41) is 9.68. The Morgan fingerprint density at radius 1 is 0.974 bits per heavy atom. The molecule has 194 valence electrons. The van der Waals surface area contributed by atoms with Crippen molar-refractivity contribution in [2.75, 3.05) is 18.0 Å². The fraction of sp³-hybridized carbons (Fsp3) is 0.419. The van der Waals surface area contributed by atoms with Crippen LogP contribution in [0.3, 0.4) is 0 Å². The van der Waals surface area contributed by atoms with E-state index in [2.05, 4.69) is 83.0 Å². The summed E-state index contributed by atoms with van der Waals surface area (Å²) in [6, 6.07) is 16.4. The van der Waals surface area contributed by atoms with Crippen LogP contribution in [0.5, 0.6) is 0 Å². The van der Waals surface area contributed by atoms with Crippen LogP contribution in [-0.2, 0) is 19.4 Å². The molecule has 0 spiro atoms. The van der Waals surface area contributed by atoms with Crippen molar-refractivity contribution in [2.45, 2.75) is 65.1 Å². The number of nitriles is 1. The normalized spacial score (nSPS) is 19.1. The topological polar surface area (TPSA) is 73.3 Å². The van der Waals surface area contributed by atoms with Gasteiger partial charge in [0, 0.05) is 55.4 Å². The van der Waals surface area contributed by atoms with E-state index in [1.54, 1.807) is 6.20 Å². The third kappa shape index (κ3) is 4.65. The van der Waals surface area contributed by atoms with E-state index in [1.165, 1.54) is 17.5 Å². The van der Waals surface area contributed by atoms with E-state index >= 15 is 0 Å². The van der Waals surface area contributed by atoms with E-state index < -0.39 is 0 Å². The van der Waals surface area contributed by atoms with Crippen LogP contribution in [0, 0.1) is 17.2 Å². The summed E-state index contributed by atoms with van der Waals surface area (Å²) in [4.78, 5) is 19.0. The van der Waals surface area contributed by atoms with Gasteiger partial charge in [-0.3, -0.25) is 14.3 Å². The highest BCUT2D eigenvalue weighted by atomic mass is 15.4. The Bertz CT molecular complexity index is 1450. The van der Waals surface area contributed by atoms with E-state index in [-0.39, 0.29) is 0 Å². The van der Waals surface area contributed by atoms with Crippen molar-refractivity contribution in [3.05, 3.63) is 77.5 Å². The average molecular weight is 506 g/mol. The van der Waals surface area contributed by atoms with Crippen molar-refractivity contribution < 1.29 is 0 Å². The number of hydrogen-bond acceptors (Lipinski definition) is 6. The molecule has 3 fully saturated rings. The first-order valence-electron chi connectivity index (χ1n) is 13.8. The molecule has 0 N–H and O–H groups in total. The molecule has 2 bridgehead atoms. The molecular formula is C31H35N7. The van der Waals surface area contributed by atoms with Gasteiger partial charge in [0.05, 0.1) is 11.9 Å². The quantitative estimate of drug-likeness (QED) is 0.325. The summed E-state index contributed by atoms with van der Waals surface area (Å²) in [6.45, 7) is 9.61. The number of nitrogens with zero attached hydrogens (tertiary/aromatic N) is 7. The largest absolute Gasteiger partial charge is 0.353 e. The van der Waals surface area contributed by atoms with Crippen LogP contribution >= 0.6 is 0 Å². The molecule has 7 nitrogen and oxygen atoms in total. The van der Waals surface area contributed by atoms with E-state index in [9.17, 15) is 5.26 Å². The summed E-state index contributed by atoms with van der Waals surface area (Å²) in [7, 11) is 0. The first kappa shape index (κ1) is 24.6. The average Bonchev–Trinajstić information content (AvgIpc) is 3.38. The Labute approximate surface area is 224 Å². The molecule has 3 saturated heterocycles. The van der Waals surface area contributed by atoms with Gasteiger partial charge in [0.15, 0.2) is 0 Å². The van der Waals surface area contributed by atoms with Gasteiger partial charge < -0.3 is 4.90 Å². The highest BCUT2D eigenvalue weighted by Crippen LogP contribution is 2.36. The predicted molar refractivity (Wildman–Crippen MR) is 150 cm³/mol. The van der Waals surface area contributed by atoms with Crippen molar-refractivity contribution >= 4 is 11.5 Å². The van der Waals surface area contributed by atoms with E-state index in [0.717, 1.165) is 67.3 Å². The standard InChI is InChI=1S/C31H35N7/c1-4-25-9-7-23(15-33-25)18-37-26-13-27(37)20-36(19-26)30-10-8-24(16-34-30)29-11-22(6-5-21(2)3)12-31-35-17-28(14-32)38(29)31/h7-12,15-17,21,26-27H,4-6,13,18-20H2,1-3H3. The minimum atomic E-state index is 0.547. The fourth-order valence-corrected chi connectivity index (χ4v) is 5.89. The number of aromatic nitrogens is 4. The van der Waals surface area contributed by atoms with E-state index in [4.69, 9.17) is 4.98 Å². The maximum absolute atomic E-state index is 9.68. The second-order valence-electron chi connectivity index (χ2n) is 11.2. The smallest absolute Gasteiger partial charge is 0.145 e. The van der Waals surface area contributed by atoms with Crippen LogP contribution in [0.1, 0.15) is 56.1 Å². The van der Waals surface area contributed by atoms with Crippen molar-refractivity contribution in [3.8, 4) is 17.3 Å². The Morgan fingerprint density at radius 2 is 1.82 bits per heavy atom. The first-order valence-corrected chi connectivity index (χ1v) is 13.8. The summed E-state index contributed by atoms with van der Waals surface area (Å²) in [6.07, 6.45) is 10.0. The van der Waals surface area contributed by atoms with Crippen LogP contribution in [0.2, 0.25) is 0 Å². The molecule has 2 unspecified atom stereocenters. The van der Waals surface area contributed by atoms with Gasteiger partial charge in [-0.1, -0.05) is 26.8 Å². The predicted octanol–water partition coefficient (Wildman–Crippen LogP) is 5.28. The van der Waals surface area contributed by atoms with Gasteiger partial charge >= 0.3 is 0 Å². The van der Waals surface area contributed by atoms with Crippen LogP contribution in [0.25, 0.3) is 16.9 Å². The molecular weight excluding hydrogens is 470 g/mol. The Hall–Kier alpha value is -3.76. The van der Waals surface area contributed by atoms with Crippen molar-refractivity contribution in [1.29, 1.82) is 5.26 Å². The maximum Gasteiger partial charge on any atom is 0.145 e. The zero-order valence-corrected chi connectivity index (χ0v) is 22.5. The fourth-order valence-electron chi connectivity index (χ4n) is 5.89. The summed E-state index contributed by atoms with van der Waals surface area (Å²) in [5.41, 5.74) is 7.04. The lowest BCUT2D eigenvalue weighted by molar-refractivity contribution is -0.00875. The molecule has 0 amide bonds. The van der Waals surface area contributed by atoms with Gasteiger partial charge in [-0.05, 0) is 73.1 Å². The van der Waals surface area contributed by atoms with Crippen molar-refractivity contribution in [3.63, 3.8) is 0 Å². The minimum absolute atomic E-state index is 0.547. The van der Waals surface area contributed by atoms with Crippen LogP contribution in [0.15, 0.2) is 55.0 Å². The molecule has 0 aromatic carbocycles. The number of pyridine rings is 3. The second-order valence-corrected chi connectivity index (χ2v) is 11.2. The number of rotatable bonds is 8. The second kappa shape index (κ2) is 10.2. The van der Waals surface area contributed by atoms with Crippen LogP contribution in [0.4, 0.5) is 5.82 Å². The van der Waals surface area contributed by atoms with Gasteiger partial charge in [0.1, 0.15) is 23.2 Å². The third-order valence-electron chi connectivity index (χ3n) is 8.12. The lowest BCUT2D eigenvalue weighted by Crippen LogP contribution is -2.68. The molecule has 7 heterocycles. The minimum Gasteiger partial charge on any atom is -0.353 e. The van der Waals surface area contributed by atoms with Gasteiger partial charge in [-0.25, -0.2) is 9.97 Å². The zero-order chi connectivity index (χ0) is 26.2. The molecule has 3 aliphatic heterocycles. The SMILES string of the molecule is CCc1ccc(CN2C3CC2CN(c2ccc(-c4cc(CCC(C)C)cc5ncc(C#N)n45)cn2)C3)cn1. The Morgan fingerprint density at radius 3 is 2.47 bits per heavy atom. The molecule has 2 atom stereocenters. The third-order valence-corrected chi connectivity index (χ3v) is 8.12. The zero-order valence-electron chi connectivity index (χ0n) is 22.5. The maximum atomic E-state index is 9.68. The summed E-state index contributed by atoms with van der Waals surface area (Å²) >= 11 is 0. The van der Waals surface area contributed by atoms with Crippen LogP contribution < -0.4 is 4.90 Å². The molecule has 7 heteroatoms. The first-order chi connectivity index (χ1) is 18.5. The summed E-state index contributed by atoms with van der Waals surface area (Å²) in [5.74, 6) is 1.66. The molecule has 3 aliphatic rings. The summed E-state index contributed by atoms with van der Waals surface area (Å²) < 4.78 is 1.95. The van der Waals surface area contributed by atoms with E-state index in [0.29, 0.717) is 23.7 Å².